The second-order valence-corrected chi connectivity index (χ2v) is 8.29. The number of benzene rings is 1. The lowest BCUT2D eigenvalue weighted by Crippen LogP contribution is -2.13. The highest BCUT2D eigenvalue weighted by atomic mass is 15.3. The molecule has 1 unspecified atom stereocenters. The third-order valence-corrected chi connectivity index (χ3v) is 5.82. The van der Waals surface area contributed by atoms with Crippen LogP contribution in [-0.2, 0) is 0 Å². The highest BCUT2D eigenvalue weighted by Gasteiger charge is 2.28. The van der Waals surface area contributed by atoms with Crippen LogP contribution in [0.15, 0.2) is 24.3 Å². The normalized spacial score (nSPS) is 15.4. The van der Waals surface area contributed by atoms with Gasteiger partial charge in [0.15, 0.2) is 5.65 Å². The third-order valence-electron chi connectivity index (χ3n) is 5.82. The van der Waals surface area contributed by atoms with E-state index in [-0.39, 0.29) is 0 Å². The van der Waals surface area contributed by atoms with Gasteiger partial charge in [-0.1, -0.05) is 36.6 Å². The van der Waals surface area contributed by atoms with Crippen molar-refractivity contribution in [3.8, 4) is 11.1 Å². The summed E-state index contributed by atoms with van der Waals surface area (Å²) in [4.78, 5) is 4.90. The quantitative estimate of drug-likeness (QED) is 0.681. The lowest BCUT2D eigenvalue weighted by Gasteiger charge is -2.18. The molecule has 4 nitrogen and oxygen atoms in total. The Morgan fingerprint density at radius 3 is 2.59 bits per heavy atom. The van der Waals surface area contributed by atoms with E-state index in [1.165, 1.54) is 41.6 Å². The van der Waals surface area contributed by atoms with Crippen molar-refractivity contribution in [1.82, 2.24) is 14.6 Å². The number of fused-ring (bicyclic) bond motifs is 1. The van der Waals surface area contributed by atoms with Gasteiger partial charge in [-0.3, -0.25) is 0 Å². The third kappa shape index (κ3) is 3.51. The Kier molecular flexibility index (Phi) is 4.77. The summed E-state index contributed by atoms with van der Waals surface area (Å²) in [6.07, 6.45) is 4.95. The van der Waals surface area contributed by atoms with E-state index in [4.69, 9.17) is 15.8 Å². The first-order chi connectivity index (χ1) is 13.0. The molecule has 0 saturated heterocycles. The molecule has 142 valence electrons. The predicted octanol–water partition coefficient (Wildman–Crippen LogP) is 4.86. The van der Waals surface area contributed by atoms with Gasteiger partial charge in [-0.25, -0.2) is 9.50 Å². The minimum Gasteiger partial charge on any atom is -0.330 e. The maximum Gasteiger partial charge on any atom is 0.163 e. The van der Waals surface area contributed by atoms with Crippen molar-refractivity contribution in [2.45, 2.75) is 59.3 Å². The number of nitrogens with two attached hydrogens (primary N) is 1. The van der Waals surface area contributed by atoms with Crippen LogP contribution >= 0.6 is 0 Å². The second-order valence-electron chi connectivity index (χ2n) is 8.29. The molecule has 2 aromatic heterocycles. The largest absolute Gasteiger partial charge is 0.330 e. The van der Waals surface area contributed by atoms with Gasteiger partial charge in [0.25, 0.3) is 0 Å². The van der Waals surface area contributed by atoms with Gasteiger partial charge in [-0.15, -0.1) is 0 Å². The Morgan fingerprint density at radius 2 is 1.93 bits per heavy atom. The second kappa shape index (κ2) is 7.08. The van der Waals surface area contributed by atoms with Crippen molar-refractivity contribution in [1.29, 1.82) is 0 Å². The van der Waals surface area contributed by atoms with Crippen molar-refractivity contribution < 1.29 is 0 Å². The first-order valence-electron chi connectivity index (χ1n) is 10.1. The van der Waals surface area contributed by atoms with Gasteiger partial charge < -0.3 is 5.73 Å². The number of rotatable bonds is 6. The van der Waals surface area contributed by atoms with Crippen molar-refractivity contribution in [3.63, 3.8) is 0 Å². The van der Waals surface area contributed by atoms with Crippen LogP contribution in [0, 0.1) is 33.6 Å². The van der Waals surface area contributed by atoms with Gasteiger partial charge in [-0.05, 0) is 70.2 Å². The van der Waals surface area contributed by atoms with E-state index in [0.717, 1.165) is 34.9 Å². The lowest BCUT2D eigenvalue weighted by molar-refractivity contribution is 0.521. The SMILES string of the molecule is Cc1ccc(-c2c(C)nn3c(C(CCN)CC4CC4)cc(C)nc23)c(C)c1. The highest BCUT2D eigenvalue weighted by molar-refractivity contribution is 5.82. The molecule has 3 aromatic rings. The minimum absolute atomic E-state index is 0.456. The van der Waals surface area contributed by atoms with Crippen LogP contribution in [0.2, 0.25) is 0 Å². The number of hydrogen-bond acceptors (Lipinski definition) is 3. The van der Waals surface area contributed by atoms with E-state index >= 15 is 0 Å². The fraction of sp³-hybridized carbons (Fsp3) is 0.478. The summed E-state index contributed by atoms with van der Waals surface area (Å²) in [7, 11) is 0. The van der Waals surface area contributed by atoms with E-state index in [0.29, 0.717) is 12.5 Å². The average molecular weight is 363 g/mol. The average Bonchev–Trinajstić information content (AvgIpc) is 3.37. The first kappa shape index (κ1) is 18.2. The van der Waals surface area contributed by atoms with Gasteiger partial charge in [0.05, 0.1) is 5.69 Å². The standard InChI is InChI=1S/C23H30N4/c1-14-5-8-20(15(2)11-14)22-17(4)26-27-21(12-16(3)25-23(22)27)19(9-10-24)13-18-6-7-18/h5,8,11-12,18-19H,6-7,9-10,13,24H2,1-4H3. The molecule has 2 heterocycles. The molecule has 0 spiro atoms. The van der Waals surface area contributed by atoms with Crippen molar-refractivity contribution >= 4 is 5.65 Å². The van der Waals surface area contributed by atoms with E-state index < -0.39 is 0 Å². The predicted molar refractivity (Wildman–Crippen MR) is 111 cm³/mol. The molecular formula is C23H30N4. The fourth-order valence-corrected chi connectivity index (χ4v) is 4.32. The molecule has 1 saturated carbocycles. The van der Waals surface area contributed by atoms with Crippen molar-refractivity contribution in [2.75, 3.05) is 6.54 Å². The van der Waals surface area contributed by atoms with Crippen LogP contribution in [0.3, 0.4) is 0 Å². The smallest absolute Gasteiger partial charge is 0.163 e. The number of aromatic nitrogens is 3. The molecule has 0 radical (unpaired) electrons. The molecule has 0 bridgehead atoms. The Labute approximate surface area is 161 Å². The Hall–Kier alpha value is -2.20. The molecule has 4 rings (SSSR count). The molecule has 2 N–H and O–H groups in total. The lowest BCUT2D eigenvalue weighted by atomic mass is 9.94. The van der Waals surface area contributed by atoms with E-state index in [9.17, 15) is 0 Å². The van der Waals surface area contributed by atoms with Crippen LogP contribution in [0.1, 0.15) is 59.8 Å². The fourth-order valence-electron chi connectivity index (χ4n) is 4.32. The minimum atomic E-state index is 0.456. The summed E-state index contributed by atoms with van der Waals surface area (Å²) in [5.41, 5.74) is 15.3. The van der Waals surface area contributed by atoms with Gasteiger partial charge in [-0.2, -0.15) is 5.10 Å². The van der Waals surface area contributed by atoms with Gasteiger partial charge >= 0.3 is 0 Å². The van der Waals surface area contributed by atoms with E-state index in [1.54, 1.807) is 0 Å². The molecule has 1 aliphatic rings. The summed E-state index contributed by atoms with van der Waals surface area (Å²) >= 11 is 0. The van der Waals surface area contributed by atoms with E-state index in [2.05, 4.69) is 56.5 Å². The van der Waals surface area contributed by atoms with Crippen LogP contribution in [0.4, 0.5) is 0 Å². The molecule has 1 fully saturated rings. The van der Waals surface area contributed by atoms with Gasteiger partial charge in [0.2, 0.25) is 0 Å². The molecule has 0 amide bonds. The van der Waals surface area contributed by atoms with Crippen LogP contribution in [0.5, 0.6) is 0 Å². The topological polar surface area (TPSA) is 56.2 Å². The number of hydrogen-bond donors (Lipinski definition) is 1. The first-order valence-corrected chi connectivity index (χ1v) is 10.1. The van der Waals surface area contributed by atoms with Crippen LogP contribution in [-0.4, -0.2) is 21.1 Å². The van der Waals surface area contributed by atoms with Gasteiger partial charge in [0.1, 0.15) is 0 Å². The number of aryl methyl sites for hydroxylation is 4. The molecule has 1 aliphatic carbocycles. The van der Waals surface area contributed by atoms with Crippen LogP contribution < -0.4 is 5.73 Å². The summed E-state index contributed by atoms with van der Waals surface area (Å²) in [5, 5.41) is 4.94. The molecule has 27 heavy (non-hydrogen) atoms. The van der Waals surface area contributed by atoms with E-state index in [1.807, 2.05) is 0 Å². The van der Waals surface area contributed by atoms with Crippen molar-refractivity contribution in [2.24, 2.45) is 11.7 Å². The molecular weight excluding hydrogens is 332 g/mol. The zero-order valence-corrected chi connectivity index (χ0v) is 16.9. The molecule has 1 aromatic carbocycles. The number of nitrogens with zero attached hydrogens (tertiary/aromatic N) is 3. The Balaban J connectivity index is 1.90. The van der Waals surface area contributed by atoms with Crippen LogP contribution in [0.25, 0.3) is 16.8 Å². The van der Waals surface area contributed by atoms with Crippen molar-refractivity contribution in [3.05, 3.63) is 52.5 Å². The summed E-state index contributed by atoms with van der Waals surface area (Å²) in [6.45, 7) is 9.21. The maximum absolute atomic E-state index is 5.96. The summed E-state index contributed by atoms with van der Waals surface area (Å²) in [5.74, 6) is 1.32. The highest BCUT2D eigenvalue weighted by Crippen LogP contribution is 2.40. The molecule has 4 heteroatoms. The zero-order chi connectivity index (χ0) is 19.1. The Morgan fingerprint density at radius 1 is 1.15 bits per heavy atom. The van der Waals surface area contributed by atoms with Gasteiger partial charge in [0, 0.05) is 22.9 Å². The Bertz CT molecular complexity index is 982. The molecule has 1 atom stereocenters. The molecule has 0 aliphatic heterocycles. The maximum atomic E-state index is 5.96. The zero-order valence-electron chi connectivity index (χ0n) is 16.9. The monoisotopic (exact) mass is 362 g/mol. The summed E-state index contributed by atoms with van der Waals surface area (Å²) in [6, 6.07) is 8.83. The summed E-state index contributed by atoms with van der Waals surface area (Å²) < 4.78 is 2.10.